The molecule has 3 nitrogen and oxygen atoms in total. The minimum Gasteiger partial charge on any atom is -0.361 e. The fraction of sp³-hybridized carbons (Fsp3) is 0.429. The Bertz CT molecular complexity index is 447. The molecule has 0 amide bonds. The van der Waals surface area contributed by atoms with Gasteiger partial charge in [0.15, 0.2) is 0 Å². The number of benzene rings is 1. The number of aromatic nitrogens is 1. The third-order valence-electron chi connectivity index (χ3n) is 3.02. The predicted octanol–water partition coefficient (Wildman–Crippen LogP) is 2.26. The summed E-state index contributed by atoms with van der Waals surface area (Å²) in [5.74, 6) is 0. The fourth-order valence-electron chi connectivity index (χ4n) is 2.05. The molecule has 1 heterocycles. The summed E-state index contributed by atoms with van der Waals surface area (Å²) in [7, 11) is 2.00. The van der Waals surface area contributed by atoms with Crippen molar-refractivity contribution in [3.8, 4) is 0 Å². The average molecular weight is 231 g/mol. The molecule has 17 heavy (non-hydrogen) atoms. The number of unbranched alkanes of at least 4 members (excludes halogenated alkanes) is 1. The maximum absolute atomic E-state index is 3.49. The highest BCUT2D eigenvalue weighted by Crippen LogP contribution is 2.17. The predicted molar refractivity (Wildman–Crippen MR) is 73.2 cm³/mol. The van der Waals surface area contributed by atoms with Gasteiger partial charge in [0, 0.05) is 23.6 Å². The summed E-state index contributed by atoms with van der Waals surface area (Å²) in [5, 5.41) is 7.98. The molecule has 0 aliphatic rings. The molecule has 0 atom stereocenters. The van der Waals surface area contributed by atoms with E-state index in [1.54, 1.807) is 0 Å². The minimum atomic E-state index is 0.948. The second-order valence-electron chi connectivity index (χ2n) is 4.35. The van der Waals surface area contributed by atoms with Crippen molar-refractivity contribution in [3.05, 3.63) is 36.0 Å². The van der Waals surface area contributed by atoms with Gasteiger partial charge in [0.25, 0.3) is 0 Å². The largest absolute Gasteiger partial charge is 0.361 e. The molecule has 0 spiro atoms. The van der Waals surface area contributed by atoms with Crippen molar-refractivity contribution in [2.45, 2.75) is 19.4 Å². The number of fused-ring (bicyclic) bond motifs is 1. The van der Waals surface area contributed by atoms with E-state index in [2.05, 4.69) is 46.1 Å². The molecule has 0 aliphatic heterocycles. The second kappa shape index (κ2) is 6.42. The molecule has 0 saturated heterocycles. The Balaban J connectivity index is 1.79. The van der Waals surface area contributed by atoms with Gasteiger partial charge >= 0.3 is 0 Å². The van der Waals surface area contributed by atoms with Crippen molar-refractivity contribution in [3.63, 3.8) is 0 Å². The molecule has 1 aromatic carbocycles. The SMILES string of the molecule is CNCCCCNCc1c[nH]c2ccccc12. The lowest BCUT2D eigenvalue weighted by molar-refractivity contribution is 0.607. The lowest BCUT2D eigenvalue weighted by atomic mass is 10.2. The third kappa shape index (κ3) is 3.32. The highest BCUT2D eigenvalue weighted by atomic mass is 14.9. The fourth-order valence-corrected chi connectivity index (χ4v) is 2.05. The molecule has 0 fully saturated rings. The van der Waals surface area contributed by atoms with Crippen molar-refractivity contribution in [1.29, 1.82) is 0 Å². The summed E-state index contributed by atoms with van der Waals surface area (Å²) in [6, 6.07) is 8.44. The van der Waals surface area contributed by atoms with E-state index in [1.807, 2.05) is 7.05 Å². The van der Waals surface area contributed by atoms with E-state index < -0.39 is 0 Å². The van der Waals surface area contributed by atoms with Crippen LogP contribution in [-0.4, -0.2) is 25.1 Å². The molecule has 0 aliphatic carbocycles. The Morgan fingerprint density at radius 1 is 1.12 bits per heavy atom. The first-order valence-electron chi connectivity index (χ1n) is 6.32. The first-order valence-corrected chi connectivity index (χ1v) is 6.32. The van der Waals surface area contributed by atoms with E-state index in [0.717, 1.165) is 19.6 Å². The Labute approximate surface area is 103 Å². The van der Waals surface area contributed by atoms with E-state index in [9.17, 15) is 0 Å². The summed E-state index contributed by atoms with van der Waals surface area (Å²) in [6.07, 6.45) is 4.56. The van der Waals surface area contributed by atoms with Gasteiger partial charge in [0.1, 0.15) is 0 Å². The van der Waals surface area contributed by atoms with E-state index in [0.29, 0.717) is 0 Å². The van der Waals surface area contributed by atoms with Gasteiger partial charge in [-0.1, -0.05) is 18.2 Å². The third-order valence-corrected chi connectivity index (χ3v) is 3.02. The first-order chi connectivity index (χ1) is 8.42. The van der Waals surface area contributed by atoms with Gasteiger partial charge < -0.3 is 15.6 Å². The average Bonchev–Trinajstić information content (AvgIpc) is 2.77. The number of rotatable bonds is 7. The van der Waals surface area contributed by atoms with Crippen LogP contribution >= 0.6 is 0 Å². The number of hydrogen-bond acceptors (Lipinski definition) is 2. The van der Waals surface area contributed by atoms with E-state index in [1.165, 1.54) is 29.3 Å². The van der Waals surface area contributed by atoms with Gasteiger partial charge in [0.2, 0.25) is 0 Å². The Hall–Kier alpha value is -1.32. The molecule has 2 aromatic rings. The quantitative estimate of drug-likeness (QED) is 0.640. The number of nitrogens with one attached hydrogen (secondary N) is 3. The van der Waals surface area contributed by atoms with Crippen LogP contribution in [0.2, 0.25) is 0 Å². The van der Waals surface area contributed by atoms with Crippen molar-refractivity contribution in [2.75, 3.05) is 20.1 Å². The number of aromatic amines is 1. The molecule has 92 valence electrons. The van der Waals surface area contributed by atoms with Gasteiger partial charge in [-0.05, 0) is 44.6 Å². The maximum atomic E-state index is 3.49. The zero-order valence-electron chi connectivity index (χ0n) is 10.4. The van der Waals surface area contributed by atoms with Crippen LogP contribution in [0, 0.1) is 0 Å². The maximum Gasteiger partial charge on any atom is 0.0457 e. The molecule has 0 bridgehead atoms. The number of H-pyrrole nitrogens is 1. The Morgan fingerprint density at radius 3 is 2.82 bits per heavy atom. The summed E-state index contributed by atoms with van der Waals surface area (Å²) < 4.78 is 0. The van der Waals surface area contributed by atoms with Gasteiger partial charge in [-0.2, -0.15) is 0 Å². The standard InChI is InChI=1S/C14H21N3/c1-15-8-4-5-9-16-10-12-11-17-14-7-3-2-6-13(12)14/h2-3,6-7,11,15-17H,4-5,8-10H2,1H3. The number of hydrogen-bond donors (Lipinski definition) is 3. The zero-order valence-corrected chi connectivity index (χ0v) is 10.4. The van der Waals surface area contributed by atoms with Crippen LogP contribution < -0.4 is 10.6 Å². The van der Waals surface area contributed by atoms with Gasteiger partial charge in [-0.15, -0.1) is 0 Å². The van der Waals surface area contributed by atoms with Gasteiger partial charge in [-0.3, -0.25) is 0 Å². The summed E-state index contributed by atoms with van der Waals surface area (Å²) in [6.45, 7) is 3.14. The van der Waals surface area contributed by atoms with Crippen LogP contribution in [0.25, 0.3) is 10.9 Å². The van der Waals surface area contributed by atoms with Crippen LogP contribution in [0.1, 0.15) is 18.4 Å². The van der Waals surface area contributed by atoms with Crippen LogP contribution in [0.5, 0.6) is 0 Å². The lowest BCUT2D eigenvalue weighted by Crippen LogP contribution is -2.16. The molecular formula is C14H21N3. The molecule has 3 heteroatoms. The van der Waals surface area contributed by atoms with Crippen molar-refractivity contribution in [1.82, 2.24) is 15.6 Å². The minimum absolute atomic E-state index is 0.948. The van der Waals surface area contributed by atoms with Crippen LogP contribution in [-0.2, 0) is 6.54 Å². The van der Waals surface area contributed by atoms with Gasteiger partial charge in [-0.25, -0.2) is 0 Å². The summed E-state index contributed by atoms with van der Waals surface area (Å²) in [4.78, 5) is 3.30. The highest BCUT2D eigenvalue weighted by Gasteiger charge is 2.01. The monoisotopic (exact) mass is 231 g/mol. The second-order valence-corrected chi connectivity index (χ2v) is 4.35. The van der Waals surface area contributed by atoms with Crippen LogP contribution in [0.15, 0.2) is 30.5 Å². The van der Waals surface area contributed by atoms with Crippen molar-refractivity contribution in [2.24, 2.45) is 0 Å². The summed E-state index contributed by atoms with van der Waals surface area (Å²) in [5.41, 5.74) is 2.58. The molecule has 0 saturated carbocycles. The van der Waals surface area contributed by atoms with Gasteiger partial charge in [0.05, 0.1) is 0 Å². The molecule has 3 N–H and O–H groups in total. The normalized spacial score (nSPS) is 11.1. The van der Waals surface area contributed by atoms with E-state index >= 15 is 0 Å². The molecule has 2 rings (SSSR count). The van der Waals surface area contributed by atoms with Crippen LogP contribution in [0.3, 0.4) is 0 Å². The molecule has 0 radical (unpaired) electrons. The van der Waals surface area contributed by atoms with Crippen molar-refractivity contribution >= 4 is 10.9 Å². The Morgan fingerprint density at radius 2 is 1.94 bits per heavy atom. The zero-order chi connectivity index (χ0) is 11.9. The van der Waals surface area contributed by atoms with Crippen molar-refractivity contribution < 1.29 is 0 Å². The Kier molecular flexibility index (Phi) is 4.59. The highest BCUT2D eigenvalue weighted by molar-refractivity contribution is 5.82. The number of para-hydroxylation sites is 1. The van der Waals surface area contributed by atoms with E-state index in [-0.39, 0.29) is 0 Å². The van der Waals surface area contributed by atoms with E-state index in [4.69, 9.17) is 0 Å². The first kappa shape index (κ1) is 12.1. The molecular weight excluding hydrogens is 210 g/mol. The molecule has 0 unspecified atom stereocenters. The summed E-state index contributed by atoms with van der Waals surface area (Å²) >= 11 is 0. The van der Waals surface area contributed by atoms with Crippen LogP contribution in [0.4, 0.5) is 0 Å². The smallest absolute Gasteiger partial charge is 0.0457 e. The molecule has 1 aromatic heterocycles. The topological polar surface area (TPSA) is 39.8 Å². The lowest BCUT2D eigenvalue weighted by Gasteiger charge is -2.03.